The Morgan fingerprint density at radius 3 is 2.40 bits per heavy atom. The Labute approximate surface area is 123 Å². The highest BCUT2D eigenvalue weighted by molar-refractivity contribution is 5.27. The minimum Gasteiger partial charge on any atom is -0.497 e. The van der Waals surface area contributed by atoms with Crippen LogP contribution in [0.5, 0.6) is 5.75 Å². The van der Waals surface area contributed by atoms with Gasteiger partial charge in [-0.1, -0.05) is 31.2 Å². The van der Waals surface area contributed by atoms with Gasteiger partial charge in [0.2, 0.25) is 0 Å². The summed E-state index contributed by atoms with van der Waals surface area (Å²) in [5, 5.41) is 9.88. The third kappa shape index (κ3) is 6.76. The molecule has 1 rings (SSSR count). The van der Waals surface area contributed by atoms with Gasteiger partial charge >= 0.3 is 0 Å². The van der Waals surface area contributed by atoms with Gasteiger partial charge < -0.3 is 9.84 Å². The standard InChI is InChI=1S/C18H28O2/c1-4-18(2,19)15-9-7-5-6-8-10-16-11-13-17(20-3)14-12-16/h5-6,11-14,19H,4,7-10,15H2,1-3H3. The van der Waals surface area contributed by atoms with E-state index in [9.17, 15) is 5.11 Å². The first-order chi connectivity index (χ1) is 9.57. The van der Waals surface area contributed by atoms with Crippen LogP contribution in [0.3, 0.4) is 0 Å². The highest BCUT2D eigenvalue weighted by Crippen LogP contribution is 2.17. The summed E-state index contributed by atoms with van der Waals surface area (Å²) in [7, 11) is 1.69. The van der Waals surface area contributed by atoms with Crippen LogP contribution in [-0.4, -0.2) is 17.8 Å². The maximum absolute atomic E-state index is 9.88. The average Bonchev–Trinajstić information content (AvgIpc) is 2.47. The molecule has 0 aliphatic carbocycles. The van der Waals surface area contributed by atoms with Gasteiger partial charge in [-0.05, 0) is 63.1 Å². The van der Waals surface area contributed by atoms with Gasteiger partial charge in [0, 0.05) is 0 Å². The van der Waals surface area contributed by atoms with Gasteiger partial charge in [-0.2, -0.15) is 0 Å². The Hall–Kier alpha value is -1.28. The normalized spacial score (nSPS) is 14.4. The molecular weight excluding hydrogens is 248 g/mol. The lowest BCUT2D eigenvalue weighted by atomic mass is 9.96. The predicted octanol–water partition coefficient (Wildman–Crippen LogP) is 4.52. The van der Waals surface area contributed by atoms with E-state index in [1.54, 1.807) is 7.11 Å². The predicted molar refractivity (Wildman–Crippen MR) is 85.2 cm³/mol. The molecule has 112 valence electrons. The first-order valence-corrected chi connectivity index (χ1v) is 7.57. The van der Waals surface area contributed by atoms with E-state index in [2.05, 4.69) is 24.3 Å². The van der Waals surface area contributed by atoms with Crippen molar-refractivity contribution in [1.29, 1.82) is 0 Å². The second kappa shape index (κ2) is 8.80. The van der Waals surface area contributed by atoms with Gasteiger partial charge in [0.15, 0.2) is 0 Å². The molecule has 0 amide bonds. The zero-order chi connectivity index (χ0) is 14.8. The third-order valence-corrected chi connectivity index (χ3v) is 3.77. The molecule has 0 aromatic heterocycles. The number of benzene rings is 1. The molecule has 0 fully saturated rings. The van der Waals surface area contributed by atoms with Crippen molar-refractivity contribution in [2.24, 2.45) is 0 Å². The van der Waals surface area contributed by atoms with Crippen molar-refractivity contribution < 1.29 is 9.84 Å². The number of allylic oxidation sites excluding steroid dienone is 2. The van der Waals surface area contributed by atoms with Gasteiger partial charge in [-0.3, -0.25) is 0 Å². The summed E-state index contributed by atoms with van der Waals surface area (Å²) in [6.07, 6.45) is 10.4. The molecule has 20 heavy (non-hydrogen) atoms. The molecule has 2 heteroatoms. The molecule has 0 saturated carbocycles. The number of rotatable bonds is 9. The zero-order valence-corrected chi connectivity index (χ0v) is 13.1. The van der Waals surface area contributed by atoms with Crippen molar-refractivity contribution in [2.75, 3.05) is 7.11 Å². The van der Waals surface area contributed by atoms with Gasteiger partial charge in [0.25, 0.3) is 0 Å². The SMILES string of the molecule is CCC(C)(O)CCCC=CCCc1ccc(OC)cc1. The van der Waals surface area contributed by atoms with Crippen LogP contribution in [0.15, 0.2) is 36.4 Å². The Bertz CT molecular complexity index is 390. The van der Waals surface area contributed by atoms with Gasteiger partial charge in [-0.25, -0.2) is 0 Å². The van der Waals surface area contributed by atoms with Crippen LogP contribution in [0.2, 0.25) is 0 Å². The number of ether oxygens (including phenoxy) is 1. The fraction of sp³-hybridized carbons (Fsp3) is 0.556. The van der Waals surface area contributed by atoms with Crippen LogP contribution >= 0.6 is 0 Å². The topological polar surface area (TPSA) is 29.5 Å². The lowest BCUT2D eigenvalue weighted by molar-refractivity contribution is 0.0452. The van der Waals surface area contributed by atoms with Crippen LogP contribution < -0.4 is 4.74 Å². The minimum atomic E-state index is -0.489. The lowest BCUT2D eigenvalue weighted by Gasteiger charge is -2.20. The minimum absolute atomic E-state index is 0.489. The first-order valence-electron chi connectivity index (χ1n) is 7.57. The number of hydrogen-bond acceptors (Lipinski definition) is 2. The van der Waals surface area contributed by atoms with E-state index < -0.39 is 5.60 Å². The van der Waals surface area contributed by atoms with E-state index in [0.29, 0.717) is 0 Å². The monoisotopic (exact) mass is 276 g/mol. The molecular formula is C18H28O2. The zero-order valence-electron chi connectivity index (χ0n) is 13.1. The molecule has 1 atom stereocenters. The van der Waals surface area contributed by atoms with Crippen molar-refractivity contribution >= 4 is 0 Å². The Morgan fingerprint density at radius 1 is 1.15 bits per heavy atom. The van der Waals surface area contributed by atoms with E-state index in [4.69, 9.17) is 4.74 Å². The summed E-state index contributed by atoms with van der Waals surface area (Å²) in [5.74, 6) is 0.910. The molecule has 0 heterocycles. The molecule has 0 saturated heterocycles. The van der Waals surface area contributed by atoms with Crippen LogP contribution in [0.4, 0.5) is 0 Å². The molecule has 0 radical (unpaired) electrons. The third-order valence-electron chi connectivity index (χ3n) is 3.77. The molecule has 0 aliphatic rings. The molecule has 0 bridgehead atoms. The second-order valence-electron chi connectivity index (χ2n) is 5.60. The average molecular weight is 276 g/mol. The largest absolute Gasteiger partial charge is 0.497 e. The number of aryl methyl sites for hydroxylation is 1. The summed E-state index contributed by atoms with van der Waals surface area (Å²) in [6.45, 7) is 3.95. The van der Waals surface area contributed by atoms with Gasteiger partial charge in [0.05, 0.1) is 12.7 Å². The number of hydrogen-bond donors (Lipinski definition) is 1. The molecule has 1 unspecified atom stereocenters. The number of aliphatic hydroxyl groups is 1. The van der Waals surface area contributed by atoms with Gasteiger partial charge in [0.1, 0.15) is 5.75 Å². The highest BCUT2D eigenvalue weighted by Gasteiger charge is 2.15. The van der Waals surface area contributed by atoms with Crippen LogP contribution in [-0.2, 0) is 6.42 Å². The summed E-state index contributed by atoms with van der Waals surface area (Å²) in [5.41, 5.74) is 0.848. The summed E-state index contributed by atoms with van der Waals surface area (Å²) < 4.78 is 5.14. The van der Waals surface area contributed by atoms with Gasteiger partial charge in [-0.15, -0.1) is 0 Å². The van der Waals surface area contributed by atoms with E-state index in [1.165, 1.54) is 5.56 Å². The first kappa shape index (κ1) is 16.8. The van der Waals surface area contributed by atoms with Crippen molar-refractivity contribution in [3.63, 3.8) is 0 Å². The van der Waals surface area contributed by atoms with Crippen molar-refractivity contribution in [1.82, 2.24) is 0 Å². The molecule has 0 aliphatic heterocycles. The number of methoxy groups -OCH3 is 1. The number of unbranched alkanes of at least 4 members (excludes halogenated alkanes) is 1. The maximum atomic E-state index is 9.88. The van der Waals surface area contributed by atoms with Crippen LogP contribution in [0.1, 0.15) is 51.5 Å². The Balaban J connectivity index is 2.15. The van der Waals surface area contributed by atoms with E-state index in [-0.39, 0.29) is 0 Å². The fourth-order valence-electron chi connectivity index (χ4n) is 2.06. The second-order valence-corrected chi connectivity index (χ2v) is 5.60. The smallest absolute Gasteiger partial charge is 0.118 e. The lowest BCUT2D eigenvalue weighted by Crippen LogP contribution is -2.21. The van der Waals surface area contributed by atoms with Crippen molar-refractivity contribution in [3.05, 3.63) is 42.0 Å². The summed E-state index contributed by atoms with van der Waals surface area (Å²) in [6, 6.07) is 8.24. The fourth-order valence-corrected chi connectivity index (χ4v) is 2.06. The van der Waals surface area contributed by atoms with Crippen LogP contribution in [0, 0.1) is 0 Å². The molecule has 1 aromatic rings. The quantitative estimate of drug-likeness (QED) is 0.531. The summed E-state index contributed by atoms with van der Waals surface area (Å²) >= 11 is 0. The molecule has 1 aromatic carbocycles. The van der Waals surface area contributed by atoms with Crippen molar-refractivity contribution in [3.8, 4) is 5.75 Å². The van der Waals surface area contributed by atoms with Crippen LogP contribution in [0.25, 0.3) is 0 Å². The summed E-state index contributed by atoms with van der Waals surface area (Å²) in [4.78, 5) is 0. The van der Waals surface area contributed by atoms with Crippen molar-refractivity contribution in [2.45, 2.75) is 58.0 Å². The molecule has 2 nitrogen and oxygen atoms in total. The maximum Gasteiger partial charge on any atom is 0.118 e. The molecule has 0 spiro atoms. The highest BCUT2D eigenvalue weighted by atomic mass is 16.5. The Kier molecular flexibility index (Phi) is 7.38. The van der Waals surface area contributed by atoms with E-state index >= 15 is 0 Å². The molecule has 1 N–H and O–H groups in total. The Morgan fingerprint density at radius 2 is 1.80 bits per heavy atom. The van der Waals surface area contributed by atoms with E-state index in [1.807, 2.05) is 26.0 Å². The van der Waals surface area contributed by atoms with E-state index in [0.717, 1.165) is 44.3 Å².